The summed E-state index contributed by atoms with van der Waals surface area (Å²) in [6, 6.07) is 6.33. The zero-order valence-electron chi connectivity index (χ0n) is 14.4. The Kier molecular flexibility index (Phi) is 5.46. The van der Waals surface area contributed by atoms with Crippen LogP contribution in [0.15, 0.2) is 66.2 Å². The van der Waals surface area contributed by atoms with Crippen LogP contribution >= 0.6 is 0 Å². The highest BCUT2D eigenvalue weighted by Crippen LogP contribution is 2.22. The highest BCUT2D eigenvalue weighted by Gasteiger charge is 2.19. The number of aromatic hydroxyl groups is 1. The maximum absolute atomic E-state index is 14.1. The number of allylic oxidation sites excluding steroid dienone is 4. The number of phenolic OH excluding ortho intramolecular Hbond substituents is 1. The van der Waals surface area contributed by atoms with Gasteiger partial charge in [-0.05, 0) is 31.2 Å². The van der Waals surface area contributed by atoms with Gasteiger partial charge < -0.3 is 20.5 Å². The SMILES string of the molecule is CCOC=C1C=CC=C(Nc2nc(Nc3cccc(O)c3)ncc2F)C1=O. The number of benzene rings is 1. The van der Waals surface area contributed by atoms with E-state index in [4.69, 9.17) is 4.74 Å². The van der Waals surface area contributed by atoms with E-state index in [1.165, 1.54) is 24.5 Å². The van der Waals surface area contributed by atoms with Crippen LogP contribution in [0.3, 0.4) is 0 Å². The predicted molar refractivity (Wildman–Crippen MR) is 98.9 cm³/mol. The van der Waals surface area contributed by atoms with Crippen LogP contribution < -0.4 is 10.6 Å². The Morgan fingerprint density at radius 3 is 2.96 bits per heavy atom. The van der Waals surface area contributed by atoms with E-state index < -0.39 is 5.82 Å². The van der Waals surface area contributed by atoms with Gasteiger partial charge in [0, 0.05) is 11.8 Å². The van der Waals surface area contributed by atoms with Gasteiger partial charge in [-0.3, -0.25) is 4.79 Å². The second-order valence-electron chi connectivity index (χ2n) is 5.49. The molecule has 0 amide bonds. The molecule has 8 heteroatoms. The summed E-state index contributed by atoms with van der Waals surface area (Å²) in [5, 5.41) is 15.1. The Labute approximate surface area is 154 Å². The summed E-state index contributed by atoms with van der Waals surface area (Å²) in [6.07, 6.45) is 7.13. The lowest BCUT2D eigenvalue weighted by Gasteiger charge is -2.14. The van der Waals surface area contributed by atoms with Crippen molar-refractivity contribution in [3.63, 3.8) is 0 Å². The second-order valence-corrected chi connectivity index (χ2v) is 5.49. The fourth-order valence-electron chi connectivity index (χ4n) is 2.27. The van der Waals surface area contributed by atoms with E-state index in [1.807, 2.05) is 0 Å². The van der Waals surface area contributed by atoms with Gasteiger partial charge in [-0.25, -0.2) is 9.37 Å². The number of aromatic nitrogens is 2. The number of Topliss-reactive ketones (excluding diaryl/α,β-unsaturated/α-hetero) is 1. The van der Waals surface area contributed by atoms with E-state index >= 15 is 0 Å². The van der Waals surface area contributed by atoms with Gasteiger partial charge in [-0.1, -0.05) is 12.1 Å². The van der Waals surface area contributed by atoms with Crippen LogP contribution in [-0.4, -0.2) is 27.5 Å². The molecule has 0 radical (unpaired) electrons. The van der Waals surface area contributed by atoms with Crippen molar-refractivity contribution in [1.82, 2.24) is 9.97 Å². The Bertz CT molecular complexity index is 954. The largest absolute Gasteiger partial charge is 0.508 e. The first kappa shape index (κ1) is 18.1. The quantitative estimate of drug-likeness (QED) is 0.531. The Morgan fingerprint density at radius 2 is 2.19 bits per heavy atom. The number of phenols is 1. The minimum absolute atomic E-state index is 0.0684. The monoisotopic (exact) mass is 368 g/mol. The van der Waals surface area contributed by atoms with Crippen LogP contribution in [0.5, 0.6) is 5.75 Å². The minimum Gasteiger partial charge on any atom is -0.508 e. The highest BCUT2D eigenvalue weighted by molar-refractivity contribution is 6.12. The standard InChI is InChI=1S/C19H17FN4O3/c1-2-27-11-12-5-3-8-16(17(12)26)23-18-15(20)10-21-19(24-18)22-13-6-4-7-14(25)9-13/h3-11,25H,2H2,1H3,(H2,21,22,23,24). The molecular weight excluding hydrogens is 351 g/mol. The first-order valence-electron chi connectivity index (χ1n) is 8.17. The Morgan fingerprint density at radius 1 is 1.33 bits per heavy atom. The van der Waals surface area contributed by atoms with Crippen LogP contribution in [0.2, 0.25) is 0 Å². The summed E-state index contributed by atoms with van der Waals surface area (Å²) >= 11 is 0. The molecule has 0 saturated carbocycles. The molecule has 1 aliphatic carbocycles. The Hall–Kier alpha value is -3.68. The number of nitrogens with one attached hydrogen (secondary N) is 2. The van der Waals surface area contributed by atoms with Crippen LogP contribution in [-0.2, 0) is 9.53 Å². The third kappa shape index (κ3) is 4.49. The van der Waals surface area contributed by atoms with Gasteiger partial charge in [0.2, 0.25) is 11.7 Å². The number of ether oxygens (including phenoxy) is 1. The maximum atomic E-state index is 14.1. The van der Waals surface area contributed by atoms with Crippen molar-refractivity contribution in [2.45, 2.75) is 6.92 Å². The van der Waals surface area contributed by atoms with Gasteiger partial charge in [0.1, 0.15) is 5.75 Å². The fraction of sp³-hybridized carbons (Fsp3) is 0.105. The average Bonchev–Trinajstić information content (AvgIpc) is 2.65. The summed E-state index contributed by atoms with van der Waals surface area (Å²) in [5.41, 5.74) is 1.03. The second kappa shape index (κ2) is 8.13. The van der Waals surface area contributed by atoms with Crippen molar-refractivity contribution in [3.05, 3.63) is 72.0 Å². The molecule has 2 aromatic rings. The third-order valence-electron chi connectivity index (χ3n) is 3.52. The van der Waals surface area contributed by atoms with Crippen molar-refractivity contribution in [1.29, 1.82) is 0 Å². The molecule has 1 aromatic heterocycles. The van der Waals surface area contributed by atoms with Crippen molar-refractivity contribution in [3.8, 4) is 5.75 Å². The lowest BCUT2D eigenvalue weighted by atomic mass is 10.0. The van der Waals surface area contributed by atoms with Gasteiger partial charge in [0.15, 0.2) is 11.6 Å². The number of nitrogens with zero attached hydrogens (tertiary/aromatic N) is 2. The van der Waals surface area contributed by atoms with E-state index in [2.05, 4.69) is 20.6 Å². The molecule has 0 unspecified atom stereocenters. The average molecular weight is 368 g/mol. The van der Waals surface area contributed by atoms with Gasteiger partial charge in [0.25, 0.3) is 0 Å². The molecule has 0 atom stereocenters. The minimum atomic E-state index is -0.713. The molecule has 138 valence electrons. The van der Waals surface area contributed by atoms with Crippen LogP contribution in [0.25, 0.3) is 0 Å². The van der Waals surface area contributed by atoms with E-state index in [-0.39, 0.29) is 29.0 Å². The third-order valence-corrected chi connectivity index (χ3v) is 3.52. The number of rotatable bonds is 6. The molecule has 1 heterocycles. The molecule has 0 fully saturated rings. The number of carbonyl (C=O) groups is 1. The van der Waals surface area contributed by atoms with Crippen molar-refractivity contribution < 1.29 is 19.0 Å². The molecule has 0 saturated heterocycles. The summed E-state index contributed by atoms with van der Waals surface area (Å²) in [7, 11) is 0. The maximum Gasteiger partial charge on any atom is 0.229 e. The molecule has 3 rings (SSSR count). The number of hydrogen-bond donors (Lipinski definition) is 3. The summed E-state index contributed by atoms with van der Waals surface area (Å²) in [4.78, 5) is 20.3. The first-order valence-corrected chi connectivity index (χ1v) is 8.17. The number of hydrogen-bond acceptors (Lipinski definition) is 7. The topological polar surface area (TPSA) is 96.4 Å². The molecule has 1 aromatic carbocycles. The van der Waals surface area contributed by atoms with Crippen molar-refractivity contribution in [2.24, 2.45) is 0 Å². The van der Waals surface area contributed by atoms with E-state index in [1.54, 1.807) is 31.2 Å². The lowest BCUT2D eigenvalue weighted by molar-refractivity contribution is -0.112. The number of carbonyl (C=O) groups excluding carboxylic acids is 1. The highest BCUT2D eigenvalue weighted by atomic mass is 19.1. The van der Waals surface area contributed by atoms with Gasteiger partial charge in [0.05, 0.1) is 30.3 Å². The molecule has 0 bridgehead atoms. The van der Waals surface area contributed by atoms with Crippen LogP contribution in [0.4, 0.5) is 21.8 Å². The zero-order valence-corrected chi connectivity index (χ0v) is 14.4. The molecular formula is C19H17FN4O3. The number of anilines is 3. The zero-order chi connectivity index (χ0) is 19.2. The lowest BCUT2D eigenvalue weighted by Crippen LogP contribution is -2.17. The Balaban J connectivity index is 1.80. The summed E-state index contributed by atoms with van der Waals surface area (Å²) in [5.74, 6) is -1.03. The number of ketones is 1. The molecule has 1 aliphatic rings. The fourth-order valence-corrected chi connectivity index (χ4v) is 2.27. The van der Waals surface area contributed by atoms with E-state index in [9.17, 15) is 14.3 Å². The van der Waals surface area contributed by atoms with Gasteiger partial charge >= 0.3 is 0 Å². The van der Waals surface area contributed by atoms with Gasteiger partial charge in [-0.15, -0.1) is 0 Å². The van der Waals surface area contributed by atoms with Crippen molar-refractivity contribution >= 4 is 23.2 Å². The van der Waals surface area contributed by atoms with Crippen LogP contribution in [0, 0.1) is 5.82 Å². The molecule has 0 spiro atoms. The summed E-state index contributed by atoms with van der Waals surface area (Å²) < 4.78 is 19.2. The van der Waals surface area contributed by atoms with Gasteiger partial charge in [-0.2, -0.15) is 4.98 Å². The number of halogens is 1. The van der Waals surface area contributed by atoms with Crippen LogP contribution in [0.1, 0.15) is 6.92 Å². The van der Waals surface area contributed by atoms with E-state index in [0.29, 0.717) is 17.9 Å². The normalized spacial score (nSPS) is 14.8. The molecule has 7 nitrogen and oxygen atoms in total. The van der Waals surface area contributed by atoms with Crippen molar-refractivity contribution in [2.75, 3.05) is 17.2 Å². The first-order chi connectivity index (χ1) is 13.1. The molecule has 3 N–H and O–H groups in total. The smallest absolute Gasteiger partial charge is 0.229 e. The molecule has 27 heavy (non-hydrogen) atoms. The molecule has 0 aliphatic heterocycles. The summed E-state index contributed by atoms with van der Waals surface area (Å²) in [6.45, 7) is 2.24. The van der Waals surface area contributed by atoms with E-state index in [0.717, 1.165) is 6.20 Å². The predicted octanol–water partition coefficient (Wildman–Crippen LogP) is 3.42.